The van der Waals surface area contributed by atoms with Crippen LogP contribution >= 0.6 is 11.6 Å². The number of carbonyl (C=O) groups is 3. The minimum absolute atomic E-state index is 0.0118. The van der Waals surface area contributed by atoms with Gasteiger partial charge in [-0.05, 0) is 24.3 Å². The largest absolute Gasteiger partial charge is 0.495 e. The lowest BCUT2D eigenvalue weighted by atomic mass is 10.2. The number of anilines is 1. The van der Waals surface area contributed by atoms with Crippen molar-refractivity contribution in [3.63, 3.8) is 0 Å². The van der Waals surface area contributed by atoms with E-state index in [4.69, 9.17) is 16.3 Å². The van der Waals surface area contributed by atoms with Crippen LogP contribution in [0, 0.1) is 0 Å². The number of amides is 3. The summed E-state index contributed by atoms with van der Waals surface area (Å²) in [5.41, 5.74) is 1.07. The summed E-state index contributed by atoms with van der Waals surface area (Å²) in [5.74, 6) is -0.689. The molecule has 0 aliphatic carbocycles. The average Bonchev–Trinajstić information content (AvgIpc) is 2.85. The minimum Gasteiger partial charge on any atom is -0.495 e. The van der Waals surface area contributed by atoms with Gasteiger partial charge in [0.05, 0.1) is 23.3 Å². The summed E-state index contributed by atoms with van der Waals surface area (Å²) in [7, 11) is 1.50. The van der Waals surface area contributed by atoms with E-state index < -0.39 is 11.8 Å². The van der Waals surface area contributed by atoms with Crippen molar-refractivity contribution in [1.82, 2.24) is 9.88 Å². The summed E-state index contributed by atoms with van der Waals surface area (Å²) in [5, 5.41) is 3.04. The number of carbonyl (C=O) groups excluding carboxylic acids is 3. The van der Waals surface area contributed by atoms with Crippen molar-refractivity contribution >= 4 is 35.0 Å². The lowest BCUT2D eigenvalue weighted by Gasteiger charge is -2.13. The first-order valence-corrected chi connectivity index (χ1v) is 7.82. The van der Waals surface area contributed by atoms with Crippen LogP contribution in [-0.2, 0) is 4.79 Å². The SMILES string of the molecule is COc1ccc(NC(=O)CCN2C(=O)c3ccncc3C2=O)cc1Cl. The molecular weight excluding hydrogens is 346 g/mol. The predicted molar refractivity (Wildman–Crippen MR) is 90.9 cm³/mol. The highest BCUT2D eigenvalue weighted by atomic mass is 35.5. The fourth-order valence-corrected chi connectivity index (χ4v) is 2.78. The fourth-order valence-electron chi connectivity index (χ4n) is 2.52. The topological polar surface area (TPSA) is 88.6 Å². The van der Waals surface area contributed by atoms with Gasteiger partial charge in [-0.1, -0.05) is 11.6 Å². The monoisotopic (exact) mass is 359 g/mol. The van der Waals surface area contributed by atoms with Gasteiger partial charge >= 0.3 is 0 Å². The quantitative estimate of drug-likeness (QED) is 0.828. The van der Waals surface area contributed by atoms with E-state index in [1.165, 1.54) is 25.6 Å². The number of benzene rings is 1. The Bertz CT molecular complexity index is 834. The molecule has 0 unspecified atom stereocenters. The first kappa shape index (κ1) is 16.9. The number of hydrogen-bond donors (Lipinski definition) is 1. The molecule has 0 spiro atoms. The van der Waals surface area contributed by atoms with Crippen LogP contribution in [0.1, 0.15) is 27.1 Å². The summed E-state index contributed by atoms with van der Waals surface area (Å²) in [6.07, 6.45) is 2.78. The van der Waals surface area contributed by atoms with Crippen molar-refractivity contribution in [2.24, 2.45) is 0 Å². The molecule has 0 saturated heterocycles. The molecule has 128 valence electrons. The standard InChI is InChI=1S/C17H14ClN3O4/c1-25-14-3-2-10(8-13(14)18)20-15(22)5-7-21-16(23)11-4-6-19-9-12(11)17(21)24/h2-4,6,8-9H,5,7H2,1H3,(H,20,22). The third-order valence-corrected chi connectivity index (χ3v) is 4.07. The summed E-state index contributed by atoms with van der Waals surface area (Å²) >= 11 is 6.00. The van der Waals surface area contributed by atoms with Crippen LogP contribution in [0.5, 0.6) is 5.75 Å². The van der Waals surface area contributed by atoms with Gasteiger partial charge in [0.15, 0.2) is 0 Å². The van der Waals surface area contributed by atoms with E-state index in [0.29, 0.717) is 22.0 Å². The van der Waals surface area contributed by atoms with Crippen molar-refractivity contribution < 1.29 is 19.1 Å². The number of nitrogens with zero attached hydrogens (tertiary/aromatic N) is 2. The van der Waals surface area contributed by atoms with Crippen LogP contribution in [0.25, 0.3) is 0 Å². The van der Waals surface area contributed by atoms with Gasteiger partial charge in [-0.2, -0.15) is 0 Å². The van der Waals surface area contributed by atoms with Crippen molar-refractivity contribution in [1.29, 1.82) is 0 Å². The zero-order chi connectivity index (χ0) is 18.0. The van der Waals surface area contributed by atoms with Crippen molar-refractivity contribution in [3.8, 4) is 5.75 Å². The van der Waals surface area contributed by atoms with Crippen molar-refractivity contribution in [2.75, 3.05) is 19.0 Å². The van der Waals surface area contributed by atoms with Gasteiger partial charge in [0.2, 0.25) is 5.91 Å². The molecule has 1 aliphatic heterocycles. The van der Waals surface area contributed by atoms with Crippen molar-refractivity contribution in [3.05, 3.63) is 52.8 Å². The Morgan fingerprint density at radius 2 is 2.00 bits per heavy atom. The molecule has 1 N–H and O–H groups in total. The molecule has 1 aromatic carbocycles. The molecular formula is C17H14ClN3O4. The Kier molecular flexibility index (Phi) is 4.67. The van der Waals surface area contributed by atoms with Crippen molar-refractivity contribution in [2.45, 2.75) is 6.42 Å². The van der Waals surface area contributed by atoms with Crippen LogP contribution in [0.4, 0.5) is 5.69 Å². The maximum atomic E-state index is 12.2. The van der Waals surface area contributed by atoms with Gasteiger partial charge in [0, 0.05) is 31.0 Å². The lowest BCUT2D eigenvalue weighted by Crippen LogP contribution is -2.32. The maximum absolute atomic E-state index is 12.2. The number of nitrogens with one attached hydrogen (secondary N) is 1. The zero-order valence-electron chi connectivity index (χ0n) is 13.3. The summed E-state index contributed by atoms with van der Waals surface area (Å²) in [6, 6.07) is 6.34. The molecule has 2 aromatic rings. The number of rotatable bonds is 5. The van der Waals surface area contributed by atoms with E-state index in [1.807, 2.05) is 0 Å². The number of hydrogen-bond acceptors (Lipinski definition) is 5. The van der Waals surface area contributed by atoms with Crippen LogP contribution in [0.15, 0.2) is 36.7 Å². The van der Waals surface area contributed by atoms with Crippen LogP contribution in [0.2, 0.25) is 5.02 Å². The smallest absolute Gasteiger partial charge is 0.263 e. The maximum Gasteiger partial charge on any atom is 0.263 e. The van der Waals surface area contributed by atoms with E-state index in [1.54, 1.807) is 18.2 Å². The molecule has 0 fully saturated rings. The molecule has 3 amide bonds. The molecule has 2 heterocycles. The van der Waals surface area contributed by atoms with Gasteiger partial charge in [-0.15, -0.1) is 0 Å². The van der Waals surface area contributed by atoms with Crippen LogP contribution < -0.4 is 10.1 Å². The zero-order valence-corrected chi connectivity index (χ0v) is 14.0. The van der Waals surface area contributed by atoms with E-state index >= 15 is 0 Å². The molecule has 8 heteroatoms. The van der Waals surface area contributed by atoms with Gasteiger partial charge in [-0.3, -0.25) is 24.3 Å². The number of halogens is 1. The molecule has 0 radical (unpaired) electrons. The van der Waals surface area contributed by atoms with E-state index in [0.717, 1.165) is 4.90 Å². The third-order valence-electron chi connectivity index (χ3n) is 3.77. The highest BCUT2D eigenvalue weighted by Crippen LogP contribution is 2.27. The van der Waals surface area contributed by atoms with Gasteiger partial charge in [-0.25, -0.2) is 0 Å². The van der Waals surface area contributed by atoms with E-state index in [-0.39, 0.29) is 24.4 Å². The molecule has 3 rings (SSSR count). The second-order valence-corrected chi connectivity index (χ2v) is 5.74. The second kappa shape index (κ2) is 6.90. The molecule has 1 aliphatic rings. The van der Waals surface area contributed by atoms with Gasteiger partial charge in [0.25, 0.3) is 11.8 Å². The van der Waals surface area contributed by atoms with Gasteiger partial charge < -0.3 is 10.1 Å². The molecule has 0 atom stereocenters. The van der Waals surface area contributed by atoms with Crippen LogP contribution in [-0.4, -0.2) is 41.3 Å². The van der Waals surface area contributed by atoms with E-state index in [9.17, 15) is 14.4 Å². The lowest BCUT2D eigenvalue weighted by molar-refractivity contribution is -0.116. The molecule has 0 bridgehead atoms. The second-order valence-electron chi connectivity index (χ2n) is 5.33. The van der Waals surface area contributed by atoms with Gasteiger partial charge in [0.1, 0.15) is 5.75 Å². The minimum atomic E-state index is -0.437. The Balaban J connectivity index is 1.61. The Hall–Kier alpha value is -2.93. The molecule has 25 heavy (non-hydrogen) atoms. The Labute approximate surface area is 148 Å². The fraction of sp³-hybridized carbons (Fsp3) is 0.176. The molecule has 1 aromatic heterocycles. The van der Waals surface area contributed by atoms with Crippen LogP contribution in [0.3, 0.4) is 0 Å². The Morgan fingerprint density at radius 1 is 1.24 bits per heavy atom. The first-order valence-electron chi connectivity index (χ1n) is 7.45. The molecule has 0 saturated carbocycles. The number of pyridine rings is 1. The Morgan fingerprint density at radius 3 is 2.68 bits per heavy atom. The number of ether oxygens (including phenoxy) is 1. The summed E-state index contributed by atoms with van der Waals surface area (Å²) in [4.78, 5) is 41.4. The summed E-state index contributed by atoms with van der Waals surface area (Å²) < 4.78 is 5.04. The highest BCUT2D eigenvalue weighted by Gasteiger charge is 2.35. The number of aromatic nitrogens is 1. The number of imide groups is 1. The predicted octanol–water partition coefficient (Wildman–Crippen LogP) is 2.37. The first-order chi connectivity index (χ1) is 12.0. The number of fused-ring (bicyclic) bond motifs is 1. The van der Waals surface area contributed by atoms with E-state index in [2.05, 4.69) is 10.3 Å². The normalized spacial score (nSPS) is 13.0. The average molecular weight is 360 g/mol. The molecule has 7 nitrogen and oxygen atoms in total. The third kappa shape index (κ3) is 3.32. The highest BCUT2D eigenvalue weighted by molar-refractivity contribution is 6.32. The number of methoxy groups -OCH3 is 1. The summed E-state index contributed by atoms with van der Waals surface area (Å²) in [6.45, 7) is -0.0118.